The number of rotatable bonds is 24. The molecule has 4 N–H and O–H groups in total. The Morgan fingerprint density at radius 2 is 0.984 bits per heavy atom. The van der Waals surface area contributed by atoms with E-state index in [2.05, 4.69) is 110 Å². The number of H-pyrrole nitrogens is 2. The van der Waals surface area contributed by atoms with Gasteiger partial charge in [0.2, 0.25) is 0 Å². The lowest BCUT2D eigenvalue weighted by molar-refractivity contribution is -0.386. The van der Waals surface area contributed by atoms with E-state index in [1.54, 1.807) is 48.8 Å². The largest absolute Gasteiger partial charge is 0.493 e. The Kier molecular flexibility index (Phi) is 26.3. The number of carbonyl (C=O) groups excluding carboxylic acids is 2. The molecule has 674 valence electrons. The van der Waals surface area contributed by atoms with Crippen molar-refractivity contribution in [1.29, 1.82) is 0 Å². The summed E-state index contributed by atoms with van der Waals surface area (Å²) in [5.41, 5.74) is 10.8. The second kappa shape index (κ2) is 37.2. The number of nitrogens with zero attached hydrogens (tertiary/aromatic N) is 10. The minimum atomic E-state index is -4.67. The number of halogens is 2. The number of ether oxygens (including phenoxy) is 4. The predicted octanol–water partition coefficient (Wildman–Crippen LogP) is 16.7. The summed E-state index contributed by atoms with van der Waals surface area (Å²) in [4.78, 5) is 74.6. The molecule has 6 aromatic carbocycles. The van der Waals surface area contributed by atoms with Crippen molar-refractivity contribution >= 4 is 130 Å². The normalized spacial score (nSPS) is 18.9. The van der Waals surface area contributed by atoms with Gasteiger partial charge in [-0.1, -0.05) is 86.3 Å². The van der Waals surface area contributed by atoms with E-state index in [4.69, 9.17) is 42.1 Å². The molecule has 3 saturated heterocycles. The molecule has 3 fully saturated rings. The molecule has 17 rings (SSSR count). The molecule has 9 heterocycles. The summed E-state index contributed by atoms with van der Waals surface area (Å²) < 4.78 is 118. The number of anilines is 2. The second-order valence-corrected chi connectivity index (χ2v) is 45.3. The Balaban J connectivity index is 0.000000188. The van der Waals surface area contributed by atoms with Gasteiger partial charge in [-0.2, -0.15) is 0 Å². The van der Waals surface area contributed by atoms with Crippen LogP contribution in [0.25, 0.3) is 33.2 Å². The van der Waals surface area contributed by atoms with Gasteiger partial charge in [0.1, 0.15) is 45.8 Å². The molecule has 2 atom stereocenters. The predicted molar refractivity (Wildman–Crippen MR) is 497 cm³/mol. The number of carbonyl (C=O) groups is 2. The van der Waals surface area contributed by atoms with E-state index in [1.165, 1.54) is 82.6 Å². The van der Waals surface area contributed by atoms with Crippen molar-refractivity contribution in [1.82, 2.24) is 39.2 Å². The Morgan fingerprint density at radius 3 is 1.39 bits per heavy atom. The maximum Gasteiger partial charge on any atom is 0.277 e. The summed E-state index contributed by atoms with van der Waals surface area (Å²) in [6, 6.07) is 37.8. The number of fused-ring (bicyclic) bond motifs is 4. The van der Waals surface area contributed by atoms with Crippen LogP contribution in [0.2, 0.25) is 10.0 Å². The molecular weight excluding hydrogens is 1760 g/mol. The topological polar surface area (TPSA) is 379 Å². The van der Waals surface area contributed by atoms with Gasteiger partial charge in [0, 0.05) is 202 Å². The number of nitro groups is 2. The van der Waals surface area contributed by atoms with Gasteiger partial charge in [-0.25, -0.2) is 49.2 Å². The molecule has 7 aliphatic rings. The van der Waals surface area contributed by atoms with Crippen LogP contribution in [-0.4, -0.2) is 192 Å². The molecule has 36 heteroatoms. The van der Waals surface area contributed by atoms with Gasteiger partial charge in [-0.05, 0) is 170 Å². The van der Waals surface area contributed by atoms with Crippen molar-refractivity contribution in [3.8, 4) is 34.5 Å². The molecule has 0 spiro atoms. The van der Waals surface area contributed by atoms with Gasteiger partial charge < -0.3 is 38.7 Å². The van der Waals surface area contributed by atoms with Crippen LogP contribution >= 0.6 is 23.2 Å². The number of pyridine rings is 2. The third-order valence-electron chi connectivity index (χ3n) is 24.8. The van der Waals surface area contributed by atoms with Crippen molar-refractivity contribution in [3.05, 3.63) is 233 Å². The molecule has 10 aromatic rings. The van der Waals surface area contributed by atoms with Crippen LogP contribution in [0.3, 0.4) is 0 Å². The first-order chi connectivity index (χ1) is 61.0. The lowest BCUT2D eigenvalue weighted by Crippen LogP contribution is -2.47. The van der Waals surface area contributed by atoms with Gasteiger partial charge in [0.15, 0.2) is 0 Å². The van der Waals surface area contributed by atoms with E-state index in [1.807, 2.05) is 36.4 Å². The number of nitrogens with one attached hydrogen (secondary N) is 4. The third-order valence-corrected chi connectivity index (χ3v) is 31.2. The number of hydrogen-bond donors (Lipinski definition) is 4. The summed E-state index contributed by atoms with van der Waals surface area (Å²) in [7, 11) is -14.0. The number of sulfonamides is 2. The minimum absolute atomic E-state index is 0.0181. The monoisotopic (exact) mass is 1860 g/mol. The van der Waals surface area contributed by atoms with Gasteiger partial charge in [-0.3, -0.25) is 43.8 Å². The first-order valence-corrected chi connectivity index (χ1v) is 50.6. The van der Waals surface area contributed by atoms with Crippen LogP contribution in [0.4, 0.5) is 22.7 Å². The van der Waals surface area contributed by atoms with Crippen LogP contribution in [0, 0.1) is 42.9 Å². The number of aromatic nitrogens is 4. The Labute approximate surface area is 754 Å². The number of benzene rings is 6. The number of amides is 2. The second-order valence-electron chi connectivity index (χ2n) is 35.8. The highest BCUT2D eigenvalue weighted by Gasteiger charge is 2.38. The minimum Gasteiger partial charge on any atom is -0.493 e. The highest BCUT2D eigenvalue weighted by molar-refractivity contribution is 7.93. The molecule has 0 unspecified atom stereocenters. The van der Waals surface area contributed by atoms with Gasteiger partial charge in [0.25, 0.3) is 43.2 Å². The Bertz CT molecular complexity index is 6570. The number of nitro benzene ring substituents is 2. The van der Waals surface area contributed by atoms with Crippen molar-refractivity contribution in [2.24, 2.45) is 31.4 Å². The molecule has 2 amide bonds. The van der Waals surface area contributed by atoms with Crippen molar-refractivity contribution in [3.63, 3.8) is 0 Å². The molecule has 0 radical (unpaired) electrons. The highest BCUT2D eigenvalue weighted by atomic mass is 35.5. The zero-order chi connectivity index (χ0) is 90.2. The fourth-order valence-corrected chi connectivity index (χ4v) is 22.8. The smallest absolute Gasteiger partial charge is 0.277 e. The quantitative estimate of drug-likeness (QED) is 0.0322. The Hall–Kier alpha value is -11.0. The van der Waals surface area contributed by atoms with Crippen LogP contribution in [0.5, 0.6) is 34.5 Å². The lowest BCUT2D eigenvalue weighted by atomic mass is 9.72. The van der Waals surface area contributed by atoms with Crippen molar-refractivity contribution in [2.75, 3.05) is 126 Å². The average molecular weight is 1860 g/mol. The zero-order valence-corrected chi connectivity index (χ0v) is 76.7. The van der Waals surface area contributed by atoms with E-state index in [0.29, 0.717) is 60.5 Å². The Morgan fingerprint density at radius 1 is 0.570 bits per heavy atom. The molecule has 0 bridgehead atoms. The molecule has 2 aliphatic carbocycles. The summed E-state index contributed by atoms with van der Waals surface area (Å²) in [5, 5.41) is 27.6. The summed E-state index contributed by atoms with van der Waals surface area (Å²) in [5.74, 6) is -0.527. The highest BCUT2D eigenvalue weighted by Crippen LogP contribution is 2.47. The lowest BCUT2D eigenvalue weighted by Gasteiger charge is -2.39. The third kappa shape index (κ3) is 21.5. The number of aromatic amines is 2. The van der Waals surface area contributed by atoms with E-state index >= 15 is 0 Å². The number of allylic oxidation sites excluding steroid dienone is 2. The number of hydrogen-bond acceptors (Lipinski definition) is 24. The molecule has 0 saturated carbocycles. The first-order valence-electron chi connectivity index (χ1n) is 42.7. The summed E-state index contributed by atoms with van der Waals surface area (Å²) in [6.45, 7) is 17.7. The first kappa shape index (κ1) is 90.4. The zero-order valence-electron chi connectivity index (χ0n) is 71.9. The van der Waals surface area contributed by atoms with E-state index < -0.39 is 82.3 Å². The molecule has 5 aliphatic heterocycles. The maximum atomic E-state index is 14.1. The summed E-state index contributed by atoms with van der Waals surface area (Å²) >= 11 is 12.5. The van der Waals surface area contributed by atoms with E-state index in [-0.39, 0.29) is 107 Å². The van der Waals surface area contributed by atoms with Gasteiger partial charge in [-0.15, -0.1) is 0 Å². The van der Waals surface area contributed by atoms with Crippen LogP contribution < -0.4 is 38.2 Å². The van der Waals surface area contributed by atoms with Crippen LogP contribution in [-0.2, 0) is 52.3 Å². The molecule has 128 heavy (non-hydrogen) atoms. The van der Waals surface area contributed by atoms with Crippen molar-refractivity contribution in [2.45, 2.75) is 102 Å². The van der Waals surface area contributed by atoms with Crippen molar-refractivity contribution < 1.29 is 63.6 Å². The molecule has 4 aromatic heterocycles. The standard InChI is InChI=1S/C47H52ClN7O8S2.C45H50ClN7O8S2/c1-47(2)13-11-34(41(26-47)32-5-7-35(48)8-6-32)29-53-15-17-54(18-16-53)36-9-10-39(44(23-36)63-37-22-33-12-14-49-45(33)50-28-37)46(56)52-65(60,61)38-24-42(55(57)58)40-21-31(30-62-43(40)25-38)27-51-64(59)19-3-4-20-64;1-45(2)13-11-32(39(24-45)30-5-7-33(46)8-6-30)27-51-15-17-52(18-16-51)34-9-10-37(42(21-34)61-35-20-31-12-14-47-43(31)48-26-35)44(54)50-63(58,59)36-22-40(53(55)56)38-19-29(25-49-62(3,4)57)28-60-41(38)23-36/h5-10,12,14,22-25,28,31H,3-4,11,13,15-21,26-27,29-30H2,1-2H3,(H,49,50)(H,52,56);5-10,12,14,20-23,26,29H,11,13,15-19,24-25,27-28H2,1-4H3,(H,47,48)(H,50,54)/t31-;29-/m11/s1. The van der Waals surface area contributed by atoms with Gasteiger partial charge in [0.05, 0.1) is 80.6 Å². The fraction of sp³-hybridized carbons (Fsp3) is 0.391. The van der Waals surface area contributed by atoms with E-state index in [9.17, 15) is 55.1 Å². The SMILES string of the molecule is CC1(C)CCC(CN2CCN(c3ccc(C(=O)NS(=O)(=O)c4cc5c(c([N+](=O)[O-])c4)C[C@H](CN=S(C)(C)=O)CO5)c(Oc4cnc5[nH]ccc5c4)c3)CC2)=C(c2ccc(Cl)cc2)C1.CC1(C)CCC(CN2CCN(c3ccc(C(=O)NS(=O)(=O)c4cc5c(c([N+](=O)[O-])c4)C[C@H](CN=S4(=O)CCCC4)CO5)c(Oc4cnc5[nH]ccc5c4)c3)CC2)=C(c2ccc(Cl)cc2)C1. The van der Waals surface area contributed by atoms with Crippen LogP contribution in [0.15, 0.2) is 188 Å². The van der Waals surface area contributed by atoms with Gasteiger partial charge >= 0.3 is 0 Å². The molecule has 30 nitrogen and oxygen atoms in total. The average Bonchev–Trinajstić information content (AvgIpc) is 1.19. The van der Waals surface area contributed by atoms with E-state index in [0.717, 1.165) is 135 Å². The summed E-state index contributed by atoms with van der Waals surface area (Å²) in [6.07, 6.45) is 17.9. The fourth-order valence-electron chi connectivity index (χ4n) is 17.7. The maximum absolute atomic E-state index is 14.1. The van der Waals surface area contributed by atoms with Crippen LogP contribution in [0.1, 0.15) is 122 Å². The number of piperazine rings is 2. The molecular formula is C92H102Cl2N14O16S4.